The first kappa shape index (κ1) is 54.7. The predicted octanol–water partition coefficient (Wildman–Crippen LogP) is 5.80. The van der Waals surface area contributed by atoms with E-state index >= 15 is 0 Å². The van der Waals surface area contributed by atoms with Gasteiger partial charge in [0, 0.05) is 58.5 Å². The quantitative estimate of drug-likeness (QED) is 0.188. The number of carbonyl (C=O) groups is 5. The predicted molar refractivity (Wildman–Crippen MR) is 251 cm³/mol. The number of ketones is 3. The number of carbonyl (C=O) groups excluding carboxylic acids is 5. The molecule has 1 aromatic rings. The van der Waals surface area contributed by atoms with E-state index in [1.165, 1.54) is 12.0 Å². The first-order valence-electron chi connectivity index (χ1n) is 24.6. The van der Waals surface area contributed by atoms with Crippen molar-refractivity contribution in [3.63, 3.8) is 0 Å². The maximum Gasteiger partial charge on any atom is 0.329 e. The molecule has 1 saturated carbocycles. The van der Waals surface area contributed by atoms with Gasteiger partial charge in [0.25, 0.3) is 11.7 Å². The summed E-state index contributed by atoms with van der Waals surface area (Å²) in [6.07, 6.45) is 14.5. The maximum atomic E-state index is 14.5. The number of allylic oxidation sites excluding steroid dienone is 6. The Morgan fingerprint density at radius 3 is 2.35 bits per heavy atom. The number of esters is 1. The van der Waals surface area contributed by atoms with Crippen LogP contribution in [0.5, 0.6) is 0 Å². The van der Waals surface area contributed by atoms with Crippen molar-refractivity contribution in [2.24, 2.45) is 29.6 Å². The van der Waals surface area contributed by atoms with Crippen molar-refractivity contribution in [3.8, 4) is 0 Å². The van der Waals surface area contributed by atoms with Crippen LogP contribution in [0.25, 0.3) is 0 Å². The second-order valence-electron chi connectivity index (χ2n) is 19.8. The van der Waals surface area contributed by atoms with Gasteiger partial charge in [-0.2, -0.15) is 0 Å². The summed E-state index contributed by atoms with van der Waals surface area (Å²) in [7, 11) is 4.61. The van der Waals surface area contributed by atoms with Gasteiger partial charge in [-0.05, 0) is 118 Å². The van der Waals surface area contributed by atoms with Crippen LogP contribution in [0.1, 0.15) is 131 Å². The number of aromatic nitrogens is 4. The molecular weight excluding hydrogens is 875 g/mol. The number of aliphatic hydroxyl groups excluding tert-OH is 1. The number of cyclic esters (lactones) is 1. The van der Waals surface area contributed by atoms with E-state index in [4.69, 9.17) is 23.7 Å². The SMILES string of the molecule is CO[C@H]1C[C@@H]2CC[C@@H](C)[C@@](O)(O2)C(=O)C(=O)N2CCCC[C@H]2C(=O)O[C@H]([C@H](C)C[C@@H]2CC[C@H](n3cnnn3)[C@H](OC)C2)CC(=O)[C@H](C)/C=C(\C)[C@@H](O)[C@@H](OC)C(=O)[C@H](C)CC/C=C/C=C/C=C/1C. The van der Waals surface area contributed by atoms with E-state index in [2.05, 4.69) is 15.5 Å². The zero-order chi connectivity index (χ0) is 49.7. The lowest BCUT2D eigenvalue weighted by Crippen LogP contribution is -2.61. The number of nitrogens with zero attached hydrogens (tertiary/aromatic N) is 5. The topological polar surface area (TPSA) is 219 Å². The van der Waals surface area contributed by atoms with Gasteiger partial charge in [-0.3, -0.25) is 19.2 Å². The Morgan fingerprint density at radius 1 is 0.897 bits per heavy atom. The monoisotopic (exact) mass is 952 g/mol. The van der Waals surface area contributed by atoms with E-state index in [9.17, 15) is 34.2 Å². The molecule has 2 saturated heterocycles. The van der Waals surface area contributed by atoms with Gasteiger partial charge in [0.15, 0.2) is 5.78 Å². The Bertz CT molecular complexity index is 1990. The Labute approximate surface area is 402 Å². The van der Waals surface area contributed by atoms with Crippen LogP contribution in [-0.4, -0.2) is 141 Å². The van der Waals surface area contributed by atoms with E-state index < -0.39 is 77.8 Å². The van der Waals surface area contributed by atoms with Crippen molar-refractivity contribution in [1.82, 2.24) is 25.1 Å². The summed E-state index contributed by atoms with van der Waals surface area (Å²) in [5.74, 6) is -7.89. The van der Waals surface area contributed by atoms with Crippen LogP contribution in [0.3, 0.4) is 0 Å². The molecule has 3 aliphatic heterocycles. The van der Waals surface area contributed by atoms with Crippen molar-refractivity contribution in [3.05, 3.63) is 53.9 Å². The number of piperidine rings is 1. The zero-order valence-electron chi connectivity index (χ0n) is 41.7. The average molecular weight is 952 g/mol. The summed E-state index contributed by atoms with van der Waals surface area (Å²) in [5.41, 5.74) is 1.27. The molecule has 0 radical (unpaired) electrons. The lowest BCUT2D eigenvalue weighted by Gasteiger charge is -2.42. The minimum Gasteiger partial charge on any atom is -0.460 e. The molecular formula is C51H77N5O12. The summed E-state index contributed by atoms with van der Waals surface area (Å²) in [6.45, 7) is 10.8. The van der Waals surface area contributed by atoms with Gasteiger partial charge in [-0.25, -0.2) is 9.48 Å². The van der Waals surface area contributed by atoms with Crippen molar-refractivity contribution in [2.45, 2.75) is 180 Å². The van der Waals surface area contributed by atoms with Crippen LogP contribution in [-0.2, 0) is 47.7 Å². The number of hydrogen-bond donors (Lipinski definition) is 2. The largest absolute Gasteiger partial charge is 0.460 e. The first-order valence-corrected chi connectivity index (χ1v) is 24.6. The highest BCUT2D eigenvalue weighted by Crippen LogP contribution is 2.39. The fourth-order valence-corrected chi connectivity index (χ4v) is 10.4. The summed E-state index contributed by atoms with van der Waals surface area (Å²) in [4.78, 5) is 72.1. The van der Waals surface area contributed by atoms with E-state index in [0.29, 0.717) is 63.4 Å². The highest BCUT2D eigenvalue weighted by molar-refractivity contribution is 6.39. The van der Waals surface area contributed by atoms with Crippen LogP contribution in [0, 0.1) is 29.6 Å². The van der Waals surface area contributed by atoms with E-state index in [-0.39, 0.29) is 54.9 Å². The molecule has 3 fully saturated rings. The molecule has 4 heterocycles. The molecule has 0 unspecified atom stereocenters. The minimum atomic E-state index is -2.43. The number of amides is 1. The summed E-state index contributed by atoms with van der Waals surface area (Å²) >= 11 is 0. The fraction of sp³-hybridized carbons (Fsp3) is 0.725. The third kappa shape index (κ3) is 13.7. The van der Waals surface area contributed by atoms with E-state index in [1.54, 1.807) is 52.1 Å². The minimum absolute atomic E-state index is 0.0504. The number of methoxy groups -OCH3 is 3. The molecule has 17 nitrogen and oxygen atoms in total. The van der Waals surface area contributed by atoms with Crippen LogP contribution in [0.15, 0.2) is 53.9 Å². The molecule has 4 aliphatic rings. The Balaban J connectivity index is 1.45. The highest BCUT2D eigenvalue weighted by atomic mass is 16.6. The normalized spacial score (nSPS) is 38.0. The molecule has 2 bridgehead atoms. The maximum absolute atomic E-state index is 14.5. The number of hydrogen-bond acceptors (Lipinski definition) is 15. The molecule has 2 N–H and O–H groups in total. The fourth-order valence-electron chi connectivity index (χ4n) is 10.4. The van der Waals surface area contributed by atoms with Crippen molar-refractivity contribution < 1.29 is 57.9 Å². The van der Waals surface area contributed by atoms with Gasteiger partial charge >= 0.3 is 5.97 Å². The standard InChI is InChI=1S/C51H77N5O12/c1-31-17-13-11-10-12-14-18-32(2)45(58)47(66-9)46(59)35(5)25-33(3)41(57)29-43(34(4)26-37-21-23-39(44(27-37)65-8)56-30-52-53-54-56)67-50(62)40-19-15-16-24-55(40)49(61)48(60)51(63)36(6)20-22-38(68-51)28-42(31)64-7/h10-13,17,25,30,32-34,36-40,42-44,46-47,59,63H,14-16,18-24,26-29H2,1-9H3/b12-10+,13-11+,31-17+,35-25+/t32-,33-,34-,36-,37+,38+,39+,40+,42+,43+,44-,46-,47+,51-/m1/s1. The molecule has 17 heteroatoms. The molecule has 5 rings (SSSR count). The second-order valence-corrected chi connectivity index (χ2v) is 19.8. The summed E-state index contributed by atoms with van der Waals surface area (Å²) in [6, 6.07) is -1.19. The zero-order valence-corrected chi connectivity index (χ0v) is 41.7. The van der Waals surface area contributed by atoms with Gasteiger partial charge in [-0.15, -0.1) is 5.10 Å². The van der Waals surface area contributed by atoms with Crippen LogP contribution >= 0.6 is 0 Å². The summed E-state index contributed by atoms with van der Waals surface area (Å²) < 4.78 is 31.5. The second kappa shape index (κ2) is 25.6. The van der Waals surface area contributed by atoms with Crippen LogP contribution in [0.4, 0.5) is 0 Å². The summed E-state index contributed by atoms with van der Waals surface area (Å²) in [5, 5.41) is 35.1. The Kier molecular flexibility index (Phi) is 20.5. The molecule has 0 aromatic carbocycles. The molecule has 14 atom stereocenters. The van der Waals surface area contributed by atoms with Crippen molar-refractivity contribution in [2.75, 3.05) is 27.9 Å². The number of Topliss-reactive ketones (excluding diaryl/α,β-unsaturated/α-hetero) is 3. The third-order valence-corrected chi connectivity index (χ3v) is 14.9. The van der Waals surface area contributed by atoms with E-state index in [0.717, 1.165) is 18.4 Å². The molecule has 0 spiro atoms. The van der Waals surface area contributed by atoms with Crippen LogP contribution < -0.4 is 0 Å². The number of fused-ring (bicyclic) bond motifs is 3. The van der Waals surface area contributed by atoms with Gasteiger partial charge in [0.1, 0.15) is 36.5 Å². The van der Waals surface area contributed by atoms with Gasteiger partial charge < -0.3 is 38.8 Å². The van der Waals surface area contributed by atoms with Gasteiger partial charge in [0.2, 0.25) is 5.79 Å². The van der Waals surface area contributed by atoms with Crippen molar-refractivity contribution in [1.29, 1.82) is 0 Å². The number of aliphatic hydroxyl groups is 2. The van der Waals surface area contributed by atoms with Crippen LogP contribution in [0.2, 0.25) is 0 Å². The van der Waals surface area contributed by atoms with Gasteiger partial charge in [-0.1, -0.05) is 64.2 Å². The first-order chi connectivity index (χ1) is 32.4. The molecule has 1 amide bonds. The molecule has 1 aromatic heterocycles. The average Bonchev–Trinajstić information content (AvgIpc) is 3.88. The smallest absolute Gasteiger partial charge is 0.329 e. The Hall–Kier alpha value is -4.26. The Morgan fingerprint density at radius 2 is 1.66 bits per heavy atom. The number of tetrazole rings is 1. The van der Waals surface area contributed by atoms with Crippen molar-refractivity contribution >= 4 is 29.2 Å². The lowest BCUT2D eigenvalue weighted by molar-refractivity contribution is -0.265. The van der Waals surface area contributed by atoms with Gasteiger partial charge in [0.05, 0.1) is 24.4 Å². The van der Waals surface area contributed by atoms with E-state index in [1.807, 2.05) is 51.2 Å². The molecule has 378 valence electrons. The number of ether oxygens (including phenoxy) is 5. The lowest BCUT2D eigenvalue weighted by atomic mass is 9.77. The highest BCUT2D eigenvalue weighted by Gasteiger charge is 2.53. The molecule has 1 aliphatic carbocycles. The number of rotatable bonds is 7. The third-order valence-electron chi connectivity index (χ3n) is 14.9. The molecule has 68 heavy (non-hydrogen) atoms.